The molecule has 9 heteroatoms. The van der Waals surface area contributed by atoms with E-state index in [-0.39, 0.29) is 28.6 Å². The van der Waals surface area contributed by atoms with Crippen molar-refractivity contribution >= 4 is 15.7 Å². The molecule has 1 aliphatic rings. The second-order valence-electron chi connectivity index (χ2n) is 5.82. The summed E-state index contributed by atoms with van der Waals surface area (Å²) < 4.78 is 66.4. The predicted molar refractivity (Wildman–Crippen MR) is 83.7 cm³/mol. The van der Waals surface area contributed by atoms with Crippen LogP contribution in [0.3, 0.4) is 0 Å². The number of carbonyl (C=O) groups excluding carboxylic acids is 1. The van der Waals surface area contributed by atoms with Crippen LogP contribution in [0.15, 0.2) is 40.8 Å². The molecule has 1 atom stereocenters. The molecule has 1 aromatic carbocycles. The first-order chi connectivity index (χ1) is 11.6. The highest BCUT2D eigenvalue weighted by Crippen LogP contribution is 2.32. The number of halogens is 3. The summed E-state index contributed by atoms with van der Waals surface area (Å²) in [7, 11) is -3.13. The molecule has 2 aromatic rings. The van der Waals surface area contributed by atoms with Crippen LogP contribution in [0.2, 0.25) is 0 Å². The zero-order valence-electron chi connectivity index (χ0n) is 12.8. The average molecular weight is 373 g/mol. The van der Waals surface area contributed by atoms with Gasteiger partial charge >= 0.3 is 6.18 Å². The van der Waals surface area contributed by atoms with Gasteiger partial charge in [-0.25, -0.2) is 8.42 Å². The highest BCUT2D eigenvalue weighted by Gasteiger charge is 2.31. The molecule has 0 saturated carbocycles. The summed E-state index contributed by atoms with van der Waals surface area (Å²) in [5.41, 5.74) is -0.624. The van der Waals surface area contributed by atoms with Gasteiger partial charge in [0, 0.05) is 11.6 Å². The van der Waals surface area contributed by atoms with Crippen molar-refractivity contribution in [2.24, 2.45) is 0 Å². The van der Waals surface area contributed by atoms with Gasteiger partial charge in [0.15, 0.2) is 15.6 Å². The second-order valence-corrected chi connectivity index (χ2v) is 8.04. The van der Waals surface area contributed by atoms with Gasteiger partial charge in [0.2, 0.25) is 0 Å². The van der Waals surface area contributed by atoms with Crippen LogP contribution in [0.4, 0.5) is 13.2 Å². The first kappa shape index (κ1) is 17.5. The third-order valence-electron chi connectivity index (χ3n) is 3.87. The maximum absolute atomic E-state index is 12.8. The summed E-state index contributed by atoms with van der Waals surface area (Å²) in [4.78, 5) is 12.1. The standard InChI is InChI=1S/C16H14F3NO4S/c17-16(18,19)11-3-1-2-10(8-11)13-4-5-14(24-13)15(21)20-12-6-7-25(22,23)9-12/h1-5,8,12H,6-7,9H2,(H,20,21). The van der Waals surface area contributed by atoms with E-state index in [0.717, 1.165) is 12.1 Å². The van der Waals surface area contributed by atoms with Gasteiger partial charge in [-0.05, 0) is 30.7 Å². The number of hydrogen-bond donors (Lipinski definition) is 1. The van der Waals surface area contributed by atoms with Gasteiger partial charge in [-0.3, -0.25) is 4.79 Å². The van der Waals surface area contributed by atoms with E-state index in [9.17, 15) is 26.4 Å². The average Bonchev–Trinajstić information content (AvgIpc) is 3.13. The zero-order chi connectivity index (χ0) is 18.2. The van der Waals surface area contributed by atoms with Crippen LogP contribution in [0, 0.1) is 0 Å². The van der Waals surface area contributed by atoms with E-state index in [1.54, 1.807) is 0 Å². The van der Waals surface area contributed by atoms with Crippen LogP contribution in [-0.4, -0.2) is 31.9 Å². The summed E-state index contributed by atoms with van der Waals surface area (Å²) >= 11 is 0. The van der Waals surface area contributed by atoms with E-state index in [4.69, 9.17) is 4.42 Å². The Hall–Kier alpha value is -2.29. The first-order valence-corrected chi connectivity index (χ1v) is 9.25. The molecule has 0 bridgehead atoms. The van der Waals surface area contributed by atoms with Crippen LogP contribution in [0.5, 0.6) is 0 Å². The molecule has 134 valence electrons. The van der Waals surface area contributed by atoms with Crippen LogP contribution in [0.1, 0.15) is 22.5 Å². The number of furan rings is 1. The van der Waals surface area contributed by atoms with E-state index < -0.39 is 33.5 Å². The lowest BCUT2D eigenvalue weighted by Gasteiger charge is -2.09. The minimum Gasteiger partial charge on any atom is -0.451 e. The Labute approximate surface area is 141 Å². The fourth-order valence-corrected chi connectivity index (χ4v) is 4.30. The highest BCUT2D eigenvalue weighted by atomic mass is 32.2. The van der Waals surface area contributed by atoms with Crippen molar-refractivity contribution in [3.8, 4) is 11.3 Å². The first-order valence-electron chi connectivity index (χ1n) is 7.43. The Morgan fingerprint density at radius 2 is 1.96 bits per heavy atom. The van der Waals surface area contributed by atoms with Crippen molar-refractivity contribution in [3.63, 3.8) is 0 Å². The van der Waals surface area contributed by atoms with E-state index in [1.807, 2.05) is 0 Å². The quantitative estimate of drug-likeness (QED) is 0.898. The van der Waals surface area contributed by atoms with Crippen LogP contribution < -0.4 is 5.32 Å². The lowest BCUT2D eigenvalue weighted by Crippen LogP contribution is -2.35. The monoisotopic (exact) mass is 373 g/mol. The molecule has 25 heavy (non-hydrogen) atoms. The molecule has 2 heterocycles. The van der Waals surface area contributed by atoms with Gasteiger partial charge in [0.25, 0.3) is 5.91 Å². The number of benzene rings is 1. The fourth-order valence-electron chi connectivity index (χ4n) is 2.63. The van der Waals surface area contributed by atoms with Crippen molar-refractivity contribution in [1.82, 2.24) is 5.32 Å². The van der Waals surface area contributed by atoms with Crippen LogP contribution in [-0.2, 0) is 16.0 Å². The summed E-state index contributed by atoms with van der Waals surface area (Å²) in [5.74, 6) is -0.668. The molecule has 1 amide bonds. The maximum atomic E-state index is 12.8. The SMILES string of the molecule is O=C(NC1CCS(=O)(=O)C1)c1ccc(-c2cccc(C(F)(F)F)c2)o1. The smallest absolute Gasteiger partial charge is 0.416 e. The normalized spacial score (nSPS) is 19.7. The molecule has 5 nitrogen and oxygen atoms in total. The number of hydrogen-bond acceptors (Lipinski definition) is 4. The topological polar surface area (TPSA) is 76.4 Å². The van der Waals surface area contributed by atoms with E-state index in [2.05, 4.69) is 5.32 Å². The number of alkyl halides is 3. The largest absolute Gasteiger partial charge is 0.451 e. The Morgan fingerprint density at radius 1 is 1.20 bits per heavy atom. The number of rotatable bonds is 3. The Morgan fingerprint density at radius 3 is 2.60 bits per heavy atom. The number of carbonyl (C=O) groups is 1. The van der Waals surface area contributed by atoms with E-state index >= 15 is 0 Å². The predicted octanol–water partition coefficient (Wildman–Crippen LogP) is 2.88. The van der Waals surface area contributed by atoms with Gasteiger partial charge in [0.1, 0.15) is 5.76 Å². The Kier molecular flexibility index (Phi) is 4.36. The number of sulfone groups is 1. The molecule has 1 saturated heterocycles. The number of nitrogens with one attached hydrogen (secondary N) is 1. The minimum atomic E-state index is -4.48. The fraction of sp³-hybridized carbons (Fsp3) is 0.312. The van der Waals surface area contributed by atoms with E-state index in [0.29, 0.717) is 6.42 Å². The number of amides is 1. The molecule has 1 aliphatic heterocycles. The van der Waals surface area contributed by atoms with Crippen molar-refractivity contribution in [1.29, 1.82) is 0 Å². The molecular formula is C16H14F3NO4S. The molecule has 1 aromatic heterocycles. The van der Waals surface area contributed by atoms with Crippen molar-refractivity contribution in [3.05, 3.63) is 47.7 Å². The summed E-state index contributed by atoms with van der Waals surface area (Å²) in [6, 6.07) is 6.83. The molecular weight excluding hydrogens is 359 g/mol. The van der Waals surface area contributed by atoms with Crippen molar-refractivity contribution in [2.45, 2.75) is 18.6 Å². The third-order valence-corrected chi connectivity index (χ3v) is 5.64. The van der Waals surface area contributed by atoms with Crippen LogP contribution in [0.25, 0.3) is 11.3 Å². The van der Waals surface area contributed by atoms with Gasteiger partial charge < -0.3 is 9.73 Å². The second kappa shape index (κ2) is 6.21. The Balaban J connectivity index is 1.75. The molecule has 1 N–H and O–H groups in total. The van der Waals surface area contributed by atoms with Gasteiger partial charge in [-0.1, -0.05) is 12.1 Å². The van der Waals surface area contributed by atoms with Crippen molar-refractivity contribution in [2.75, 3.05) is 11.5 Å². The molecule has 0 spiro atoms. The zero-order valence-corrected chi connectivity index (χ0v) is 13.7. The van der Waals surface area contributed by atoms with Gasteiger partial charge in [0.05, 0.1) is 17.1 Å². The summed E-state index contributed by atoms with van der Waals surface area (Å²) in [5, 5.41) is 2.56. The highest BCUT2D eigenvalue weighted by molar-refractivity contribution is 7.91. The summed E-state index contributed by atoms with van der Waals surface area (Å²) in [6.45, 7) is 0. The molecule has 1 unspecified atom stereocenters. The lowest BCUT2D eigenvalue weighted by molar-refractivity contribution is -0.137. The van der Waals surface area contributed by atoms with Crippen molar-refractivity contribution < 1.29 is 30.8 Å². The lowest BCUT2D eigenvalue weighted by atomic mass is 10.1. The van der Waals surface area contributed by atoms with Crippen LogP contribution >= 0.6 is 0 Å². The molecule has 3 rings (SSSR count). The minimum absolute atomic E-state index is 0.0194. The maximum Gasteiger partial charge on any atom is 0.416 e. The van der Waals surface area contributed by atoms with Gasteiger partial charge in [-0.2, -0.15) is 13.2 Å². The van der Waals surface area contributed by atoms with E-state index in [1.165, 1.54) is 24.3 Å². The summed E-state index contributed by atoms with van der Waals surface area (Å²) in [6.07, 6.45) is -4.15. The Bertz CT molecular complexity index is 902. The third kappa shape index (κ3) is 4.04. The van der Waals surface area contributed by atoms with Gasteiger partial charge in [-0.15, -0.1) is 0 Å². The molecule has 0 radical (unpaired) electrons. The molecule has 0 aliphatic carbocycles. The molecule has 1 fully saturated rings.